The number of benzene rings is 3. The fourth-order valence-electron chi connectivity index (χ4n) is 3.69. The second kappa shape index (κ2) is 10.1. The smallest absolute Gasteiger partial charge is 0.251 e. The van der Waals surface area contributed by atoms with E-state index in [4.69, 9.17) is 19.2 Å². The van der Waals surface area contributed by atoms with Gasteiger partial charge in [-0.3, -0.25) is 4.79 Å². The Balaban J connectivity index is 1.51. The van der Waals surface area contributed by atoms with Gasteiger partial charge in [0.2, 0.25) is 0 Å². The van der Waals surface area contributed by atoms with Crippen LogP contribution in [0.4, 0.5) is 0 Å². The summed E-state index contributed by atoms with van der Waals surface area (Å²) in [5.74, 6) is 2.79. The number of aromatic nitrogens is 2. The summed E-state index contributed by atoms with van der Waals surface area (Å²) in [5.41, 5.74) is 2.43. The summed E-state index contributed by atoms with van der Waals surface area (Å²) < 4.78 is 18.5. The van der Waals surface area contributed by atoms with E-state index in [1.165, 1.54) is 0 Å². The lowest BCUT2D eigenvalue weighted by molar-refractivity contribution is 0.0937. The Labute approximate surface area is 192 Å². The molecule has 1 aromatic heterocycles. The van der Waals surface area contributed by atoms with Crippen molar-refractivity contribution in [2.75, 3.05) is 20.8 Å². The number of para-hydroxylation sites is 2. The second-order valence-electron chi connectivity index (χ2n) is 7.56. The normalized spacial score (nSPS) is 11.7. The van der Waals surface area contributed by atoms with Gasteiger partial charge in [-0.1, -0.05) is 18.2 Å². The monoisotopic (exact) mass is 445 g/mol. The number of hydrogen-bond donors (Lipinski definition) is 1. The summed E-state index contributed by atoms with van der Waals surface area (Å²) in [7, 11) is 3.23. The lowest BCUT2D eigenvalue weighted by atomic mass is 10.2. The molecule has 0 spiro atoms. The van der Waals surface area contributed by atoms with Crippen LogP contribution in [-0.4, -0.2) is 36.3 Å². The van der Waals surface area contributed by atoms with E-state index >= 15 is 0 Å². The van der Waals surface area contributed by atoms with Crippen molar-refractivity contribution in [2.45, 2.75) is 19.5 Å². The van der Waals surface area contributed by atoms with E-state index in [1.54, 1.807) is 38.5 Å². The minimum absolute atomic E-state index is 0.170. The molecule has 1 heterocycles. The number of nitrogens with zero attached hydrogens (tertiary/aromatic N) is 2. The summed E-state index contributed by atoms with van der Waals surface area (Å²) in [5, 5.41) is 3.05. The maximum Gasteiger partial charge on any atom is 0.251 e. The van der Waals surface area contributed by atoms with Gasteiger partial charge < -0.3 is 24.1 Å². The van der Waals surface area contributed by atoms with E-state index in [0.29, 0.717) is 24.5 Å². The third-order valence-electron chi connectivity index (χ3n) is 5.40. The number of methoxy groups -OCH3 is 2. The first-order valence-corrected chi connectivity index (χ1v) is 10.8. The van der Waals surface area contributed by atoms with Gasteiger partial charge >= 0.3 is 0 Å². The van der Waals surface area contributed by atoms with E-state index < -0.39 is 0 Å². The fraction of sp³-hybridized carbons (Fsp3) is 0.231. The zero-order valence-corrected chi connectivity index (χ0v) is 18.9. The van der Waals surface area contributed by atoms with Gasteiger partial charge in [-0.25, -0.2) is 4.98 Å². The molecule has 1 N–H and O–H groups in total. The van der Waals surface area contributed by atoms with E-state index in [1.807, 2.05) is 55.5 Å². The van der Waals surface area contributed by atoms with E-state index in [-0.39, 0.29) is 11.9 Å². The Bertz CT molecular complexity index is 1230. The molecule has 7 nitrogen and oxygen atoms in total. The van der Waals surface area contributed by atoms with E-state index in [2.05, 4.69) is 9.88 Å². The van der Waals surface area contributed by atoms with Crippen LogP contribution < -0.4 is 19.5 Å². The molecule has 0 aliphatic heterocycles. The highest BCUT2D eigenvalue weighted by Gasteiger charge is 2.19. The number of fused-ring (bicyclic) bond motifs is 1. The maximum atomic E-state index is 12.8. The van der Waals surface area contributed by atoms with Gasteiger partial charge in [-0.05, 0) is 55.5 Å². The quantitative estimate of drug-likeness (QED) is 0.407. The number of carbonyl (C=O) groups excluding carboxylic acids is 1. The summed E-state index contributed by atoms with van der Waals surface area (Å²) in [4.78, 5) is 17.6. The third kappa shape index (κ3) is 5.09. The van der Waals surface area contributed by atoms with Crippen molar-refractivity contribution in [2.24, 2.45) is 0 Å². The molecule has 4 rings (SSSR count). The molecular weight excluding hydrogens is 418 g/mol. The number of carbonyl (C=O) groups is 1. The van der Waals surface area contributed by atoms with Crippen molar-refractivity contribution < 1.29 is 19.0 Å². The number of nitrogens with one attached hydrogen (secondary N) is 1. The molecule has 0 radical (unpaired) electrons. The molecule has 0 saturated carbocycles. The van der Waals surface area contributed by atoms with Gasteiger partial charge in [-0.2, -0.15) is 0 Å². The zero-order chi connectivity index (χ0) is 23.2. The topological polar surface area (TPSA) is 74.6 Å². The largest absolute Gasteiger partial charge is 0.497 e. The highest BCUT2D eigenvalue weighted by molar-refractivity contribution is 5.94. The minimum Gasteiger partial charge on any atom is -0.497 e. The van der Waals surface area contributed by atoms with Gasteiger partial charge in [0.05, 0.1) is 37.8 Å². The summed E-state index contributed by atoms with van der Waals surface area (Å²) in [6.07, 6.45) is 0. The van der Waals surface area contributed by atoms with Gasteiger partial charge in [0.1, 0.15) is 29.7 Å². The zero-order valence-electron chi connectivity index (χ0n) is 18.9. The van der Waals surface area contributed by atoms with Crippen molar-refractivity contribution in [3.8, 4) is 17.2 Å². The van der Waals surface area contributed by atoms with Crippen LogP contribution in [0, 0.1) is 0 Å². The molecule has 0 aliphatic rings. The standard InChI is InChI=1S/C26H27N3O4/c1-18(27-26(30)19-11-13-20(31-2)14-12-19)25-28-23-9-4-5-10-24(23)29(25)15-16-33-22-8-6-7-21(17-22)32-3/h4-14,17-18H,15-16H2,1-3H3,(H,27,30). The summed E-state index contributed by atoms with van der Waals surface area (Å²) >= 11 is 0. The summed E-state index contributed by atoms with van der Waals surface area (Å²) in [6, 6.07) is 22.2. The molecule has 3 aromatic carbocycles. The Hall–Kier alpha value is -4.00. The van der Waals surface area contributed by atoms with Crippen LogP contribution >= 0.6 is 0 Å². The summed E-state index contributed by atoms with van der Waals surface area (Å²) in [6.45, 7) is 2.96. The number of amides is 1. The van der Waals surface area contributed by atoms with Crippen molar-refractivity contribution >= 4 is 16.9 Å². The molecule has 1 atom stereocenters. The van der Waals surface area contributed by atoms with Crippen LogP contribution in [0.1, 0.15) is 29.1 Å². The molecule has 170 valence electrons. The maximum absolute atomic E-state index is 12.8. The van der Waals surface area contributed by atoms with Crippen molar-refractivity contribution in [3.05, 3.63) is 84.2 Å². The fourth-order valence-corrected chi connectivity index (χ4v) is 3.69. The lowest BCUT2D eigenvalue weighted by Crippen LogP contribution is -2.29. The molecule has 7 heteroatoms. The van der Waals surface area contributed by atoms with Crippen LogP contribution in [0.25, 0.3) is 11.0 Å². The molecular formula is C26H27N3O4. The Morgan fingerprint density at radius 2 is 1.67 bits per heavy atom. The number of rotatable bonds is 9. The molecule has 33 heavy (non-hydrogen) atoms. The van der Waals surface area contributed by atoms with Crippen LogP contribution in [0.15, 0.2) is 72.8 Å². The lowest BCUT2D eigenvalue weighted by Gasteiger charge is -2.17. The van der Waals surface area contributed by atoms with Crippen LogP contribution in [0.2, 0.25) is 0 Å². The first-order chi connectivity index (χ1) is 16.1. The molecule has 0 bridgehead atoms. The molecule has 4 aromatic rings. The van der Waals surface area contributed by atoms with E-state index in [9.17, 15) is 4.79 Å². The van der Waals surface area contributed by atoms with E-state index in [0.717, 1.165) is 28.4 Å². The number of imidazole rings is 1. The molecule has 0 fully saturated rings. The predicted octanol–water partition coefficient (Wildman–Crippen LogP) is 4.62. The van der Waals surface area contributed by atoms with Gasteiger partial charge in [0.15, 0.2) is 0 Å². The molecule has 0 saturated heterocycles. The Kier molecular flexibility index (Phi) is 6.78. The SMILES string of the molecule is COc1ccc(C(=O)NC(C)c2nc3ccccc3n2CCOc2cccc(OC)c2)cc1. The average molecular weight is 446 g/mol. The predicted molar refractivity (Wildman–Crippen MR) is 127 cm³/mol. The highest BCUT2D eigenvalue weighted by atomic mass is 16.5. The average Bonchev–Trinajstić information content (AvgIpc) is 3.23. The molecule has 0 aliphatic carbocycles. The minimum atomic E-state index is -0.302. The van der Waals surface area contributed by atoms with Crippen LogP contribution in [0.3, 0.4) is 0 Å². The van der Waals surface area contributed by atoms with Crippen LogP contribution in [-0.2, 0) is 6.54 Å². The van der Waals surface area contributed by atoms with Gasteiger partial charge in [-0.15, -0.1) is 0 Å². The van der Waals surface area contributed by atoms with Crippen LogP contribution in [0.5, 0.6) is 17.2 Å². The van der Waals surface area contributed by atoms with Gasteiger partial charge in [0.25, 0.3) is 5.91 Å². The second-order valence-corrected chi connectivity index (χ2v) is 7.56. The first-order valence-electron chi connectivity index (χ1n) is 10.8. The Morgan fingerprint density at radius 3 is 2.42 bits per heavy atom. The molecule has 1 unspecified atom stereocenters. The highest BCUT2D eigenvalue weighted by Crippen LogP contribution is 2.23. The Morgan fingerprint density at radius 1 is 0.939 bits per heavy atom. The van der Waals surface area contributed by atoms with Crippen molar-refractivity contribution in [1.82, 2.24) is 14.9 Å². The number of ether oxygens (including phenoxy) is 3. The number of hydrogen-bond acceptors (Lipinski definition) is 5. The van der Waals surface area contributed by atoms with Crippen molar-refractivity contribution in [3.63, 3.8) is 0 Å². The van der Waals surface area contributed by atoms with Crippen molar-refractivity contribution in [1.29, 1.82) is 0 Å². The first kappa shape index (κ1) is 22.2. The molecule has 1 amide bonds. The third-order valence-corrected chi connectivity index (χ3v) is 5.40. The van der Waals surface area contributed by atoms with Gasteiger partial charge in [0, 0.05) is 11.6 Å².